The van der Waals surface area contributed by atoms with Gasteiger partial charge in [-0.25, -0.2) is 4.79 Å². The number of carbonyl (C=O) groups is 2. The first-order valence-electron chi connectivity index (χ1n) is 8.31. The van der Waals surface area contributed by atoms with E-state index < -0.39 is 6.10 Å². The van der Waals surface area contributed by atoms with Crippen LogP contribution in [-0.4, -0.2) is 61.3 Å². The van der Waals surface area contributed by atoms with Gasteiger partial charge in [-0.05, 0) is 43.6 Å². The zero-order valence-corrected chi connectivity index (χ0v) is 14.0. The number of aliphatic hydroxyl groups is 1. The Hall–Kier alpha value is -2.12. The first-order valence-corrected chi connectivity index (χ1v) is 8.31. The summed E-state index contributed by atoms with van der Waals surface area (Å²) in [4.78, 5) is 25.4. The quantitative estimate of drug-likeness (QED) is 0.586. The number of likely N-dealkylation sites (tertiary alicyclic amines) is 1. The predicted octanol–water partition coefficient (Wildman–Crippen LogP) is 0.553. The van der Waals surface area contributed by atoms with Gasteiger partial charge in [0.25, 0.3) is 0 Å². The van der Waals surface area contributed by atoms with Crippen molar-refractivity contribution in [2.75, 3.05) is 38.5 Å². The lowest BCUT2D eigenvalue weighted by atomic mass is 10.1. The number of hydrogen-bond acceptors (Lipinski definition) is 4. The Bertz CT molecular complexity index is 541. The molecule has 0 saturated carbocycles. The van der Waals surface area contributed by atoms with E-state index in [0.29, 0.717) is 18.7 Å². The zero-order valence-electron chi connectivity index (χ0n) is 14.0. The van der Waals surface area contributed by atoms with E-state index in [-0.39, 0.29) is 18.5 Å². The summed E-state index contributed by atoms with van der Waals surface area (Å²) in [5.41, 5.74) is 1.52. The van der Waals surface area contributed by atoms with E-state index in [9.17, 15) is 14.7 Å². The summed E-state index contributed by atoms with van der Waals surface area (Å²) in [5, 5.41) is 17.9. The van der Waals surface area contributed by atoms with Crippen LogP contribution in [0.2, 0.25) is 0 Å². The summed E-state index contributed by atoms with van der Waals surface area (Å²) in [6.45, 7) is 2.85. The predicted molar refractivity (Wildman–Crippen MR) is 92.9 cm³/mol. The molecular weight excluding hydrogens is 308 g/mol. The molecule has 7 heteroatoms. The lowest BCUT2D eigenvalue weighted by Gasteiger charge is -2.19. The van der Waals surface area contributed by atoms with E-state index in [2.05, 4.69) is 20.9 Å². The molecule has 0 spiro atoms. The minimum Gasteiger partial charge on any atom is -0.390 e. The van der Waals surface area contributed by atoms with Crippen molar-refractivity contribution in [3.05, 3.63) is 29.8 Å². The number of amides is 3. The van der Waals surface area contributed by atoms with Crippen LogP contribution in [0.15, 0.2) is 24.3 Å². The lowest BCUT2D eigenvalue weighted by Crippen LogP contribution is -2.40. The molecule has 4 N–H and O–H groups in total. The number of carbonyl (C=O) groups excluding carboxylic acids is 2. The molecule has 0 aromatic heterocycles. The van der Waals surface area contributed by atoms with E-state index in [1.807, 2.05) is 0 Å². The monoisotopic (exact) mass is 334 g/mol. The Kier molecular flexibility index (Phi) is 7.02. The summed E-state index contributed by atoms with van der Waals surface area (Å²) in [6.07, 6.45) is 2.10. The number of nitrogens with zero attached hydrogens (tertiary/aromatic N) is 1. The second-order valence-electron chi connectivity index (χ2n) is 6.04. The third-order valence-corrected chi connectivity index (χ3v) is 4.02. The fourth-order valence-electron chi connectivity index (χ4n) is 2.69. The highest BCUT2D eigenvalue weighted by Gasteiger charge is 2.16. The van der Waals surface area contributed by atoms with E-state index in [4.69, 9.17) is 0 Å². The van der Waals surface area contributed by atoms with Crippen molar-refractivity contribution >= 4 is 17.6 Å². The molecule has 0 radical (unpaired) electrons. The van der Waals surface area contributed by atoms with Crippen LogP contribution in [0.3, 0.4) is 0 Å². The molecule has 2 rings (SSSR count). The zero-order chi connectivity index (χ0) is 17.4. The molecule has 7 nitrogen and oxygen atoms in total. The molecule has 1 aromatic carbocycles. The molecule has 1 saturated heterocycles. The minimum absolute atomic E-state index is 0.0551. The average molecular weight is 334 g/mol. The molecule has 1 unspecified atom stereocenters. The van der Waals surface area contributed by atoms with Crippen molar-refractivity contribution in [3.63, 3.8) is 0 Å². The van der Waals surface area contributed by atoms with Gasteiger partial charge in [0.1, 0.15) is 0 Å². The van der Waals surface area contributed by atoms with Crippen LogP contribution in [0.25, 0.3) is 0 Å². The van der Waals surface area contributed by atoms with Crippen LogP contribution in [0.4, 0.5) is 10.5 Å². The molecule has 0 aliphatic carbocycles. The van der Waals surface area contributed by atoms with Crippen molar-refractivity contribution in [2.45, 2.75) is 25.4 Å². The van der Waals surface area contributed by atoms with Gasteiger partial charge in [0.2, 0.25) is 5.91 Å². The normalized spacial score (nSPS) is 15.8. The first-order chi connectivity index (χ1) is 11.6. The first kappa shape index (κ1) is 18.2. The van der Waals surface area contributed by atoms with Gasteiger partial charge in [-0.1, -0.05) is 12.1 Å². The SMILES string of the molecule is CNC(=O)Cc1ccc(NC(=O)NCC(O)CN2CCCC2)cc1. The molecule has 3 amide bonds. The second-order valence-corrected chi connectivity index (χ2v) is 6.04. The molecule has 0 bridgehead atoms. The summed E-state index contributed by atoms with van der Waals surface area (Å²) in [5.74, 6) is -0.0551. The number of aliphatic hydroxyl groups excluding tert-OH is 1. The Balaban J connectivity index is 1.70. The largest absolute Gasteiger partial charge is 0.390 e. The topological polar surface area (TPSA) is 93.7 Å². The van der Waals surface area contributed by atoms with Crippen molar-refractivity contribution in [1.29, 1.82) is 0 Å². The molecule has 1 atom stereocenters. The number of rotatable bonds is 7. The number of likely N-dealkylation sites (N-methyl/N-ethyl adjacent to an activating group) is 1. The van der Waals surface area contributed by atoms with Crippen LogP contribution in [0, 0.1) is 0 Å². The molecule has 132 valence electrons. The van der Waals surface area contributed by atoms with Gasteiger partial charge in [-0.15, -0.1) is 0 Å². The number of benzene rings is 1. The highest BCUT2D eigenvalue weighted by molar-refractivity contribution is 5.89. The van der Waals surface area contributed by atoms with Gasteiger partial charge < -0.3 is 26.0 Å². The van der Waals surface area contributed by atoms with E-state index in [1.54, 1.807) is 31.3 Å². The molecule has 1 aliphatic rings. The third kappa shape index (κ3) is 6.17. The van der Waals surface area contributed by atoms with Crippen molar-refractivity contribution in [1.82, 2.24) is 15.5 Å². The number of anilines is 1. The van der Waals surface area contributed by atoms with Crippen molar-refractivity contribution in [3.8, 4) is 0 Å². The lowest BCUT2D eigenvalue weighted by molar-refractivity contribution is -0.119. The van der Waals surface area contributed by atoms with E-state index in [1.165, 1.54) is 12.8 Å². The highest BCUT2D eigenvalue weighted by atomic mass is 16.3. The molecular formula is C17H26N4O3. The van der Waals surface area contributed by atoms with Gasteiger partial charge >= 0.3 is 6.03 Å². The summed E-state index contributed by atoms with van der Waals surface area (Å²) < 4.78 is 0. The maximum Gasteiger partial charge on any atom is 0.319 e. The summed E-state index contributed by atoms with van der Waals surface area (Å²) in [7, 11) is 1.60. The standard InChI is InChI=1S/C17H26N4O3/c1-18-16(23)10-13-4-6-14(7-5-13)20-17(24)19-11-15(22)12-21-8-2-3-9-21/h4-7,15,22H,2-3,8-12H2,1H3,(H,18,23)(H2,19,20,24). The number of urea groups is 1. The Morgan fingerprint density at radius 1 is 1.21 bits per heavy atom. The molecule has 1 aliphatic heterocycles. The third-order valence-electron chi connectivity index (χ3n) is 4.02. The van der Waals surface area contributed by atoms with Gasteiger partial charge in [0.05, 0.1) is 12.5 Å². The molecule has 1 fully saturated rings. The molecule has 1 heterocycles. The Labute approximate surface area is 142 Å². The fraction of sp³-hybridized carbons (Fsp3) is 0.529. The molecule has 1 aromatic rings. The van der Waals surface area contributed by atoms with Crippen LogP contribution >= 0.6 is 0 Å². The van der Waals surface area contributed by atoms with Crippen LogP contribution in [-0.2, 0) is 11.2 Å². The van der Waals surface area contributed by atoms with Crippen LogP contribution < -0.4 is 16.0 Å². The fourth-order valence-corrected chi connectivity index (χ4v) is 2.69. The minimum atomic E-state index is -0.566. The second kappa shape index (κ2) is 9.24. The van der Waals surface area contributed by atoms with Gasteiger partial charge in [-0.2, -0.15) is 0 Å². The maximum absolute atomic E-state index is 11.9. The smallest absolute Gasteiger partial charge is 0.319 e. The van der Waals surface area contributed by atoms with Gasteiger partial charge in [0, 0.05) is 25.8 Å². The van der Waals surface area contributed by atoms with Crippen molar-refractivity contribution in [2.24, 2.45) is 0 Å². The van der Waals surface area contributed by atoms with E-state index in [0.717, 1.165) is 18.7 Å². The van der Waals surface area contributed by atoms with Crippen molar-refractivity contribution < 1.29 is 14.7 Å². The van der Waals surface area contributed by atoms with E-state index >= 15 is 0 Å². The average Bonchev–Trinajstić information content (AvgIpc) is 3.07. The Morgan fingerprint density at radius 2 is 1.88 bits per heavy atom. The van der Waals surface area contributed by atoms with Crippen LogP contribution in [0.1, 0.15) is 18.4 Å². The summed E-state index contributed by atoms with van der Waals surface area (Å²) in [6, 6.07) is 6.74. The van der Waals surface area contributed by atoms with Gasteiger partial charge in [-0.3, -0.25) is 4.79 Å². The number of hydrogen-bond donors (Lipinski definition) is 4. The number of nitrogens with one attached hydrogen (secondary N) is 3. The van der Waals surface area contributed by atoms with Gasteiger partial charge in [0.15, 0.2) is 0 Å². The number of β-amino-alcohol motifs (C(OH)–C–C–N with tert-alkyl or cyclic N) is 1. The highest BCUT2D eigenvalue weighted by Crippen LogP contribution is 2.10. The Morgan fingerprint density at radius 3 is 2.50 bits per heavy atom. The molecule has 24 heavy (non-hydrogen) atoms. The summed E-state index contributed by atoms with van der Waals surface area (Å²) >= 11 is 0. The van der Waals surface area contributed by atoms with Crippen LogP contribution in [0.5, 0.6) is 0 Å². The maximum atomic E-state index is 11.9.